The zero-order valence-electron chi connectivity index (χ0n) is 18.4. The van der Waals surface area contributed by atoms with Crippen LogP contribution in [0, 0.1) is 5.92 Å². The van der Waals surface area contributed by atoms with Gasteiger partial charge in [-0.3, -0.25) is 0 Å². The molecule has 0 radical (unpaired) electrons. The molecule has 3 rings (SSSR count). The van der Waals surface area contributed by atoms with E-state index < -0.39 is 98.2 Å². The standard InChI is InChI=1S/C19H38N4O10/c1-5-11(25)8(3-20)30-18(12(5)26)32-16-6(21)2-7(22)17(15(16)29)33-19-14(28)10(23)13(27)9(4-24)31-19/h5-19,24-29H,2-4,20-23H2,1H3. The van der Waals surface area contributed by atoms with Crippen molar-refractivity contribution >= 4 is 0 Å². The van der Waals surface area contributed by atoms with E-state index in [0.717, 1.165) is 0 Å². The van der Waals surface area contributed by atoms with E-state index in [9.17, 15) is 30.6 Å². The van der Waals surface area contributed by atoms with Gasteiger partial charge in [-0.25, -0.2) is 0 Å². The summed E-state index contributed by atoms with van der Waals surface area (Å²) in [6.45, 7) is 1.04. The maximum absolute atomic E-state index is 11.0. The van der Waals surface area contributed by atoms with E-state index in [0.29, 0.717) is 0 Å². The maximum atomic E-state index is 11.0. The number of hydrogen-bond donors (Lipinski definition) is 10. The van der Waals surface area contributed by atoms with Gasteiger partial charge >= 0.3 is 0 Å². The van der Waals surface area contributed by atoms with Crippen LogP contribution in [0.1, 0.15) is 13.3 Å². The Bertz CT molecular complexity index is 583. The molecule has 0 amide bonds. The number of aliphatic hydroxyl groups is 6. The van der Waals surface area contributed by atoms with E-state index in [1.165, 1.54) is 0 Å². The summed E-state index contributed by atoms with van der Waals surface area (Å²) < 4.78 is 22.6. The van der Waals surface area contributed by atoms with Crippen LogP contribution in [0.3, 0.4) is 0 Å². The van der Waals surface area contributed by atoms with Crippen LogP contribution in [-0.2, 0) is 18.9 Å². The highest BCUT2D eigenvalue weighted by atomic mass is 16.7. The summed E-state index contributed by atoms with van der Waals surface area (Å²) >= 11 is 0. The van der Waals surface area contributed by atoms with E-state index in [1.807, 2.05) is 0 Å². The van der Waals surface area contributed by atoms with Gasteiger partial charge in [0.25, 0.3) is 0 Å². The molecule has 15 atom stereocenters. The van der Waals surface area contributed by atoms with Crippen molar-refractivity contribution in [1.82, 2.24) is 0 Å². The summed E-state index contributed by atoms with van der Waals surface area (Å²) in [6.07, 6.45) is -13.0. The Balaban J connectivity index is 1.72. The van der Waals surface area contributed by atoms with Gasteiger partial charge in [0.05, 0.1) is 24.9 Å². The zero-order chi connectivity index (χ0) is 24.6. The van der Waals surface area contributed by atoms with Crippen LogP contribution < -0.4 is 22.9 Å². The number of hydrogen-bond acceptors (Lipinski definition) is 14. The number of ether oxygens (including phenoxy) is 4. The van der Waals surface area contributed by atoms with E-state index in [-0.39, 0.29) is 13.0 Å². The van der Waals surface area contributed by atoms with Crippen LogP contribution in [0.15, 0.2) is 0 Å². The van der Waals surface area contributed by atoms with Crippen LogP contribution in [0.4, 0.5) is 0 Å². The van der Waals surface area contributed by atoms with Crippen molar-refractivity contribution in [2.45, 2.75) is 99.0 Å². The van der Waals surface area contributed by atoms with Gasteiger partial charge in [-0.05, 0) is 6.42 Å². The van der Waals surface area contributed by atoms with E-state index in [1.54, 1.807) is 6.92 Å². The highest BCUT2D eigenvalue weighted by Crippen LogP contribution is 2.32. The number of aliphatic hydroxyl groups excluding tert-OH is 6. The first-order chi connectivity index (χ1) is 15.5. The molecule has 0 bridgehead atoms. The molecule has 15 unspecified atom stereocenters. The second-order valence-electron chi connectivity index (χ2n) is 9.16. The normalized spacial score (nSPS) is 53.7. The van der Waals surface area contributed by atoms with Gasteiger partial charge in [0.2, 0.25) is 0 Å². The molecular formula is C19H38N4O10. The lowest BCUT2D eigenvalue weighted by molar-refractivity contribution is -0.326. The fraction of sp³-hybridized carbons (Fsp3) is 1.00. The first-order valence-corrected chi connectivity index (χ1v) is 11.1. The predicted molar refractivity (Wildman–Crippen MR) is 111 cm³/mol. The molecule has 194 valence electrons. The van der Waals surface area contributed by atoms with Crippen LogP contribution in [0.2, 0.25) is 0 Å². The van der Waals surface area contributed by atoms with Crippen molar-refractivity contribution in [3.05, 3.63) is 0 Å². The van der Waals surface area contributed by atoms with E-state index in [4.69, 9.17) is 41.9 Å². The fourth-order valence-corrected chi connectivity index (χ4v) is 4.61. The molecule has 14 nitrogen and oxygen atoms in total. The highest BCUT2D eigenvalue weighted by Gasteiger charge is 2.51. The van der Waals surface area contributed by atoms with Crippen molar-refractivity contribution < 1.29 is 49.6 Å². The number of nitrogens with two attached hydrogens (primary N) is 4. The fourth-order valence-electron chi connectivity index (χ4n) is 4.61. The van der Waals surface area contributed by atoms with Gasteiger partial charge in [0, 0.05) is 24.5 Å². The van der Waals surface area contributed by atoms with Gasteiger partial charge < -0.3 is 72.5 Å². The molecule has 2 saturated heterocycles. The lowest BCUT2D eigenvalue weighted by atomic mass is 9.84. The molecule has 14 heteroatoms. The van der Waals surface area contributed by atoms with Gasteiger partial charge in [-0.1, -0.05) is 6.92 Å². The minimum atomic E-state index is -1.46. The summed E-state index contributed by atoms with van der Waals surface area (Å²) in [5.74, 6) is -0.613. The summed E-state index contributed by atoms with van der Waals surface area (Å²) in [5.41, 5.74) is 23.7. The van der Waals surface area contributed by atoms with E-state index >= 15 is 0 Å². The van der Waals surface area contributed by atoms with Gasteiger partial charge in [0.1, 0.15) is 42.7 Å². The summed E-state index contributed by atoms with van der Waals surface area (Å²) in [5, 5.41) is 61.5. The van der Waals surface area contributed by atoms with Crippen molar-refractivity contribution in [3.63, 3.8) is 0 Å². The number of rotatable bonds is 6. The van der Waals surface area contributed by atoms with Crippen molar-refractivity contribution in [3.8, 4) is 0 Å². The molecule has 2 aliphatic heterocycles. The van der Waals surface area contributed by atoms with Gasteiger partial charge in [-0.2, -0.15) is 0 Å². The molecule has 33 heavy (non-hydrogen) atoms. The molecule has 0 aromatic heterocycles. The molecule has 3 aliphatic rings. The van der Waals surface area contributed by atoms with Crippen molar-refractivity contribution in [2.75, 3.05) is 13.2 Å². The largest absolute Gasteiger partial charge is 0.394 e. The lowest BCUT2D eigenvalue weighted by Crippen LogP contribution is -2.68. The first kappa shape index (κ1) is 27.0. The SMILES string of the molecule is CC1C(O)C(CN)OC(OC2C(N)CC(N)C(OC3OC(CO)C(O)C(N)C3O)C2O)C1O. The third-order valence-electron chi connectivity index (χ3n) is 6.86. The Morgan fingerprint density at radius 2 is 1.27 bits per heavy atom. The maximum Gasteiger partial charge on any atom is 0.186 e. The van der Waals surface area contributed by atoms with Crippen LogP contribution in [-0.4, -0.2) is 129 Å². The molecular weight excluding hydrogens is 444 g/mol. The topological polar surface area (TPSA) is 262 Å². The molecule has 14 N–H and O–H groups in total. The third-order valence-corrected chi connectivity index (χ3v) is 6.86. The average molecular weight is 483 g/mol. The second kappa shape index (κ2) is 11.0. The summed E-state index contributed by atoms with van der Waals surface area (Å²) in [4.78, 5) is 0. The average Bonchev–Trinajstić information content (AvgIpc) is 2.79. The Hall–Kier alpha value is -0.560. The van der Waals surface area contributed by atoms with Crippen molar-refractivity contribution in [1.29, 1.82) is 0 Å². The highest BCUT2D eigenvalue weighted by molar-refractivity contribution is 5.01. The minimum Gasteiger partial charge on any atom is -0.394 e. The molecule has 3 fully saturated rings. The Kier molecular flexibility index (Phi) is 9.02. The Labute approximate surface area is 191 Å². The molecule has 0 aromatic carbocycles. The van der Waals surface area contributed by atoms with Crippen LogP contribution >= 0.6 is 0 Å². The second-order valence-corrected chi connectivity index (χ2v) is 9.16. The molecule has 1 saturated carbocycles. The monoisotopic (exact) mass is 482 g/mol. The molecule has 0 aromatic rings. The molecule has 2 heterocycles. The minimum absolute atomic E-state index is 0.0109. The van der Waals surface area contributed by atoms with Crippen molar-refractivity contribution in [2.24, 2.45) is 28.9 Å². The smallest absolute Gasteiger partial charge is 0.186 e. The van der Waals surface area contributed by atoms with Crippen LogP contribution in [0.25, 0.3) is 0 Å². The Morgan fingerprint density at radius 1 is 0.758 bits per heavy atom. The summed E-state index contributed by atoms with van der Waals surface area (Å²) in [7, 11) is 0. The van der Waals surface area contributed by atoms with Crippen LogP contribution in [0.5, 0.6) is 0 Å². The summed E-state index contributed by atoms with van der Waals surface area (Å²) in [6, 6.07) is -2.70. The Morgan fingerprint density at radius 3 is 1.79 bits per heavy atom. The predicted octanol–water partition coefficient (Wildman–Crippen LogP) is -6.02. The van der Waals surface area contributed by atoms with Gasteiger partial charge in [-0.15, -0.1) is 0 Å². The zero-order valence-corrected chi connectivity index (χ0v) is 18.4. The first-order valence-electron chi connectivity index (χ1n) is 11.1. The third kappa shape index (κ3) is 5.34. The molecule has 1 aliphatic carbocycles. The van der Waals surface area contributed by atoms with Gasteiger partial charge in [0.15, 0.2) is 12.6 Å². The van der Waals surface area contributed by atoms with E-state index in [2.05, 4.69) is 0 Å². The molecule has 0 spiro atoms. The lowest BCUT2D eigenvalue weighted by Gasteiger charge is -2.48. The quantitative estimate of drug-likeness (QED) is 0.169.